The Hall–Kier alpha value is -1.35. The van der Waals surface area contributed by atoms with E-state index in [0.29, 0.717) is 6.61 Å². The summed E-state index contributed by atoms with van der Waals surface area (Å²) in [5.41, 5.74) is 2.10. The van der Waals surface area contributed by atoms with E-state index in [4.69, 9.17) is 4.74 Å². The molecule has 74 valence electrons. The molecule has 3 heteroatoms. The maximum atomic E-state index is 11.6. The fourth-order valence-electron chi connectivity index (χ4n) is 1.30. The number of benzene rings is 1. The first-order chi connectivity index (χ1) is 6.68. The average molecular weight is 191 g/mol. The minimum atomic E-state index is -0.207. The Morgan fingerprint density at radius 1 is 1.43 bits per heavy atom. The van der Waals surface area contributed by atoms with Gasteiger partial charge in [0.1, 0.15) is 0 Å². The number of ether oxygens (including phenoxy) is 1. The number of carbonyl (C=O) groups excluding carboxylic acids is 1. The number of anilines is 1. The lowest BCUT2D eigenvalue weighted by molar-refractivity contribution is -0.119. The lowest BCUT2D eigenvalue weighted by Crippen LogP contribution is -2.30. The Bertz CT molecular complexity index is 341. The lowest BCUT2D eigenvalue weighted by Gasteiger charge is -2.15. The van der Waals surface area contributed by atoms with Crippen molar-refractivity contribution in [1.29, 1.82) is 0 Å². The first-order valence-electron chi connectivity index (χ1n) is 4.64. The molecule has 1 aliphatic rings. The highest BCUT2D eigenvalue weighted by Crippen LogP contribution is 2.18. The van der Waals surface area contributed by atoms with Crippen LogP contribution < -0.4 is 4.90 Å². The number of hydrogen-bond donors (Lipinski definition) is 0. The van der Waals surface area contributed by atoms with Gasteiger partial charge in [0.25, 0.3) is 5.91 Å². The summed E-state index contributed by atoms with van der Waals surface area (Å²) in [4.78, 5) is 13.2. The minimum absolute atomic E-state index is 0.0360. The monoisotopic (exact) mass is 191 g/mol. The Labute approximate surface area is 83.3 Å². The molecule has 0 saturated carbocycles. The molecule has 0 spiro atoms. The summed E-state index contributed by atoms with van der Waals surface area (Å²) in [6, 6.07) is 7.87. The lowest BCUT2D eigenvalue weighted by atomic mass is 10.2. The molecule has 14 heavy (non-hydrogen) atoms. The topological polar surface area (TPSA) is 32.8 Å². The molecule has 1 amide bonds. The molecule has 1 unspecified atom stereocenters. The molecular formula is C11H13NO2. The number of aryl methyl sites for hydroxylation is 1. The van der Waals surface area contributed by atoms with Gasteiger partial charge in [-0.15, -0.1) is 0 Å². The van der Waals surface area contributed by atoms with E-state index >= 15 is 0 Å². The van der Waals surface area contributed by atoms with Gasteiger partial charge in [-0.2, -0.15) is 0 Å². The maximum absolute atomic E-state index is 11.6. The van der Waals surface area contributed by atoms with Gasteiger partial charge in [-0.1, -0.05) is 17.7 Å². The summed E-state index contributed by atoms with van der Waals surface area (Å²) >= 11 is 0. The molecule has 1 aromatic carbocycles. The van der Waals surface area contributed by atoms with Crippen LogP contribution in [0.5, 0.6) is 0 Å². The molecule has 1 aromatic rings. The number of amides is 1. The van der Waals surface area contributed by atoms with Crippen molar-refractivity contribution in [3.63, 3.8) is 0 Å². The van der Waals surface area contributed by atoms with Crippen LogP contribution >= 0.6 is 0 Å². The minimum Gasteiger partial charge on any atom is -0.363 e. The van der Waals surface area contributed by atoms with Crippen LogP contribution in [0.25, 0.3) is 0 Å². The molecule has 0 bridgehead atoms. The Kier molecular flexibility index (Phi) is 2.25. The van der Waals surface area contributed by atoms with E-state index < -0.39 is 0 Å². The van der Waals surface area contributed by atoms with Crippen LogP contribution in [0.2, 0.25) is 0 Å². The van der Waals surface area contributed by atoms with Crippen molar-refractivity contribution in [2.24, 2.45) is 0 Å². The van der Waals surface area contributed by atoms with Crippen LogP contribution in [0.3, 0.4) is 0 Å². The summed E-state index contributed by atoms with van der Waals surface area (Å²) < 4.78 is 4.95. The van der Waals surface area contributed by atoms with E-state index in [1.165, 1.54) is 5.56 Å². The molecule has 1 fully saturated rings. The van der Waals surface area contributed by atoms with Gasteiger partial charge >= 0.3 is 0 Å². The number of carbonyl (C=O) groups is 1. The second-order valence-electron chi connectivity index (χ2n) is 3.55. The smallest absolute Gasteiger partial charge is 0.258 e. The van der Waals surface area contributed by atoms with Crippen molar-refractivity contribution in [2.45, 2.75) is 13.0 Å². The summed E-state index contributed by atoms with van der Waals surface area (Å²) in [6.07, 6.45) is -0.207. The average Bonchev–Trinajstić information content (AvgIpc) is 3.00. The summed E-state index contributed by atoms with van der Waals surface area (Å²) in [6.45, 7) is 2.59. The number of nitrogens with zero attached hydrogens (tertiary/aromatic N) is 1. The van der Waals surface area contributed by atoms with E-state index in [1.54, 1.807) is 11.9 Å². The number of epoxide rings is 1. The van der Waals surface area contributed by atoms with Crippen LogP contribution in [0, 0.1) is 6.92 Å². The highest BCUT2D eigenvalue weighted by Gasteiger charge is 2.34. The van der Waals surface area contributed by atoms with Gasteiger partial charge < -0.3 is 9.64 Å². The third-order valence-corrected chi connectivity index (χ3v) is 2.36. The van der Waals surface area contributed by atoms with E-state index in [9.17, 15) is 4.79 Å². The van der Waals surface area contributed by atoms with Gasteiger partial charge in [0.15, 0.2) is 6.10 Å². The first kappa shape index (κ1) is 9.21. The fraction of sp³-hybridized carbons (Fsp3) is 0.364. The van der Waals surface area contributed by atoms with Crippen molar-refractivity contribution in [2.75, 3.05) is 18.6 Å². The van der Waals surface area contributed by atoms with E-state index in [-0.39, 0.29) is 12.0 Å². The van der Waals surface area contributed by atoms with E-state index in [1.807, 2.05) is 31.2 Å². The molecule has 3 nitrogen and oxygen atoms in total. The normalized spacial score (nSPS) is 19.1. The zero-order valence-electron chi connectivity index (χ0n) is 8.36. The number of likely N-dealkylation sites (N-methyl/N-ethyl adjacent to an activating group) is 1. The second kappa shape index (κ2) is 3.42. The predicted molar refractivity (Wildman–Crippen MR) is 54.3 cm³/mol. The summed E-state index contributed by atoms with van der Waals surface area (Å²) in [7, 11) is 1.77. The third kappa shape index (κ3) is 1.77. The zero-order valence-corrected chi connectivity index (χ0v) is 8.36. The van der Waals surface area contributed by atoms with Crippen molar-refractivity contribution in [3.05, 3.63) is 29.8 Å². The van der Waals surface area contributed by atoms with Crippen LogP contribution in [-0.2, 0) is 9.53 Å². The molecule has 1 atom stereocenters. The maximum Gasteiger partial charge on any atom is 0.258 e. The van der Waals surface area contributed by atoms with E-state index in [2.05, 4.69) is 0 Å². The van der Waals surface area contributed by atoms with Crippen LogP contribution in [0.4, 0.5) is 5.69 Å². The molecule has 2 rings (SSSR count). The molecule has 1 saturated heterocycles. The fourth-order valence-corrected chi connectivity index (χ4v) is 1.30. The van der Waals surface area contributed by atoms with Crippen LogP contribution in [0.1, 0.15) is 5.56 Å². The predicted octanol–water partition coefficient (Wildman–Crippen LogP) is 1.36. The molecule has 0 N–H and O–H groups in total. The molecule has 0 aromatic heterocycles. The molecule has 1 heterocycles. The highest BCUT2D eigenvalue weighted by atomic mass is 16.6. The SMILES string of the molecule is Cc1ccc(N(C)C(=O)C2CO2)cc1. The van der Waals surface area contributed by atoms with E-state index in [0.717, 1.165) is 5.69 Å². The van der Waals surface area contributed by atoms with Gasteiger partial charge in [0.2, 0.25) is 0 Å². The summed E-state index contributed by atoms with van der Waals surface area (Å²) in [5.74, 6) is 0.0360. The largest absolute Gasteiger partial charge is 0.363 e. The third-order valence-electron chi connectivity index (χ3n) is 2.36. The first-order valence-corrected chi connectivity index (χ1v) is 4.64. The molecular weight excluding hydrogens is 178 g/mol. The Morgan fingerprint density at radius 3 is 2.50 bits per heavy atom. The Morgan fingerprint density at radius 2 is 2.00 bits per heavy atom. The molecule has 0 radical (unpaired) electrons. The quantitative estimate of drug-likeness (QED) is 0.661. The molecule has 1 aliphatic heterocycles. The Balaban J connectivity index is 2.13. The second-order valence-corrected chi connectivity index (χ2v) is 3.55. The van der Waals surface area contributed by atoms with Gasteiger partial charge in [0.05, 0.1) is 6.61 Å². The van der Waals surface area contributed by atoms with Crippen LogP contribution in [-0.4, -0.2) is 25.7 Å². The number of hydrogen-bond acceptors (Lipinski definition) is 2. The zero-order chi connectivity index (χ0) is 10.1. The standard InChI is InChI=1S/C11H13NO2/c1-8-3-5-9(6-4-8)12(2)11(13)10-7-14-10/h3-6,10H,7H2,1-2H3. The van der Waals surface area contributed by atoms with Crippen molar-refractivity contribution in [1.82, 2.24) is 0 Å². The van der Waals surface area contributed by atoms with Crippen LogP contribution in [0.15, 0.2) is 24.3 Å². The molecule has 0 aliphatic carbocycles. The highest BCUT2D eigenvalue weighted by molar-refractivity contribution is 5.97. The van der Waals surface area contributed by atoms with Gasteiger partial charge in [-0.25, -0.2) is 0 Å². The summed E-state index contributed by atoms with van der Waals surface area (Å²) in [5, 5.41) is 0. The van der Waals surface area contributed by atoms with Gasteiger partial charge in [-0.3, -0.25) is 4.79 Å². The van der Waals surface area contributed by atoms with Crippen molar-refractivity contribution < 1.29 is 9.53 Å². The van der Waals surface area contributed by atoms with Gasteiger partial charge in [-0.05, 0) is 19.1 Å². The van der Waals surface area contributed by atoms with Crippen molar-refractivity contribution in [3.8, 4) is 0 Å². The number of rotatable bonds is 2. The van der Waals surface area contributed by atoms with Crippen molar-refractivity contribution >= 4 is 11.6 Å². The van der Waals surface area contributed by atoms with Gasteiger partial charge in [0, 0.05) is 12.7 Å².